The van der Waals surface area contributed by atoms with E-state index in [0.29, 0.717) is 28.4 Å². The van der Waals surface area contributed by atoms with Gasteiger partial charge in [-0.25, -0.2) is 18.5 Å². The first-order valence-corrected chi connectivity index (χ1v) is 11.7. The first-order chi connectivity index (χ1) is 13.8. The molecular formula is C20H16BrN3O3S2. The van der Waals surface area contributed by atoms with Crippen LogP contribution in [0.4, 0.5) is 5.69 Å². The van der Waals surface area contributed by atoms with Gasteiger partial charge in [-0.2, -0.15) is 0 Å². The van der Waals surface area contributed by atoms with E-state index in [0.717, 1.165) is 14.7 Å². The molecule has 0 atom stereocenters. The van der Waals surface area contributed by atoms with Crippen LogP contribution in [0, 0.1) is 0 Å². The monoisotopic (exact) mass is 489 g/mol. The van der Waals surface area contributed by atoms with Gasteiger partial charge in [0.1, 0.15) is 10.8 Å². The lowest BCUT2D eigenvalue weighted by Crippen LogP contribution is -2.13. The highest BCUT2D eigenvalue weighted by molar-refractivity contribution is 9.10. The molecule has 4 N–H and O–H groups in total. The average molecular weight is 490 g/mol. The number of fused-ring (bicyclic) bond motifs is 1. The number of hydrogen-bond acceptors (Lipinski definition) is 6. The Balaban J connectivity index is 1.72. The van der Waals surface area contributed by atoms with Crippen LogP contribution in [-0.4, -0.2) is 18.5 Å². The molecule has 0 unspecified atom stereocenters. The van der Waals surface area contributed by atoms with Crippen molar-refractivity contribution in [1.29, 1.82) is 0 Å². The summed E-state index contributed by atoms with van der Waals surface area (Å²) < 4.78 is 26.0. The van der Waals surface area contributed by atoms with Gasteiger partial charge in [-0.1, -0.05) is 34.1 Å². The van der Waals surface area contributed by atoms with E-state index in [9.17, 15) is 13.5 Å². The Hall–Kier alpha value is -2.46. The summed E-state index contributed by atoms with van der Waals surface area (Å²) in [5.74, 6) is 0.166. The fourth-order valence-corrected chi connectivity index (χ4v) is 5.06. The fourth-order valence-electron chi connectivity index (χ4n) is 2.93. The van der Waals surface area contributed by atoms with E-state index >= 15 is 0 Å². The smallest absolute Gasteiger partial charge is 0.238 e. The number of para-hydroxylation sites is 1. The summed E-state index contributed by atoms with van der Waals surface area (Å²) in [6, 6.07) is 17.7. The number of aromatic nitrogens is 1. The number of anilines is 1. The maximum atomic E-state index is 12.1. The van der Waals surface area contributed by atoms with E-state index < -0.39 is 10.0 Å². The van der Waals surface area contributed by atoms with Crippen molar-refractivity contribution in [2.75, 3.05) is 5.32 Å². The second kappa shape index (κ2) is 7.75. The molecule has 1 aromatic heterocycles. The van der Waals surface area contributed by atoms with Crippen molar-refractivity contribution >= 4 is 53.2 Å². The average Bonchev–Trinajstić information content (AvgIpc) is 3.10. The van der Waals surface area contributed by atoms with Crippen molar-refractivity contribution in [3.05, 3.63) is 70.7 Å². The molecule has 9 heteroatoms. The van der Waals surface area contributed by atoms with Crippen molar-refractivity contribution < 1.29 is 13.5 Å². The predicted octanol–water partition coefficient (Wildman–Crippen LogP) is 4.69. The number of nitrogens with one attached hydrogen (secondary N) is 1. The van der Waals surface area contributed by atoms with E-state index in [-0.39, 0.29) is 10.6 Å². The van der Waals surface area contributed by atoms with E-state index in [2.05, 4.69) is 26.2 Å². The van der Waals surface area contributed by atoms with Crippen LogP contribution >= 0.6 is 27.3 Å². The number of phenolic OH excluding ortho intramolecular Hbond substituents is 1. The summed E-state index contributed by atoms with van der Waals surface area (Å²) in [4.78, 5) is 4.59. The van der Waals surface area contributed by atoms with E-state index in [1.54, 1.807) is 24.3 Å². The molecule has 3 aromatic carbocycles. The number of nitrogens with two attached hydrogens (primary N) is 1. The standard InChI is InChI=1S/C20H16BrN3O3S2/c21-13-6-5-12(17(25)9-13)11-23-14-7-8-19(29(22,26)27)15(10-14)20-24-16-3-1-2-4-18(16)28-20/h1-10,23,25H,11H2,(H2,22,26,27). The quantitative estimate of drug-likeness (QED) is 0.377. The summed E-state index contributed by atoms with van der Waals surface area (Å²) in [5, 5.41) is 19.3. The van der Waals surface area contributed by atoms with Crippen LogP contribution in [0.25, 0.3) is 20.8 Å². The molecule has 29 heavy (non-hydrogen) atoms. The van der Waals surface area contributed by atoms with Crippen LogP contribution < -0.4 is 10.5 Å². The maximum absolute atomic E-state index is 12.1. The molecule has 4 rings (SSSR count). The third-order valence-electron chi connectivity index (χ3n) is 4.34. The van der Waals surface area contributed by atoms with Gasteiger partial charge in [0.05, 0.1) is 15.1 Å². The maximum Gasteiger partial charge on any atom is 0.238 e. The number of thiazole rings is 1. The number of benzene rings is 3. The minimum Gasteiger partial charge on any atom is -0.508 e. The molecule has 1 heterocycles. The fraction of sp³-hybridized carbons (Fsp3) is 0.0500. The Morgan fingerprint density at radius 1 is 1.10 bits per heavy atom. The summed E-state index contributed by atoms with van der Waals surface area (Å²) in [7, 11) is -3.92. The van der Waals surface area contributed by atoms with Crippen molar-refractivity contribution in [2.24, 2.45) is 5.14 Å². The molecule has 148 valence electrons. The first kappa shape index (κ1) is 19.8. The Morgan fingerprint density at radius 2 is 1.90 bits per heavy atom. The zero-order valence-corrected chi connectivity index (χ0v) is 18.2. The zero-order valence-electron chi connectivity index (χ0n) is 15.0. The molecule has 0 bridgehead atoms. The molecule has 0 amide bonds. The Bertz CT molecular complexity index is 1290. The zero-order chi connectivity index (χ0) is 20.6. The first-order valence-electron chi connectivity index (χ1n) is 8.55. The lowest BCUT2D eigenvalue weighted by Gasteiger charge is -2.12. The highest BCUT2D eigenvalue weighted by atomic mass is 79.9. The Labute approximate surface area is 180 Å². The van der Waals surface area contributed by atoms with Gasteiger partial charge in [0.2, 0.25) is 10.0 Å². The minimum atomic E-state index is -3.92. The molecule has 0 spiro atoms. The normalized spacial score (nSPS) is 11.7. The lowest BCUT2D eigenvalue weighted by atomic mass is 10.1. The van der Waals surface area contributed by atoms with E-state index in [1.165, 1.54) is 17.4 Å². The molecule has 6 nitrogen and oxygen atoms in total. The molecular weight excluding hydrogens is 474 g/mol. The van der Waals surface area contributed by atoms with Crippen LogP contribution in [0.2, 0.25) is 0 Å². The molecule has 0 radical (unpaired) electrons. The molecule has 0 aliphatic rings. The van der Waals surface area contributed by atoms with E-state index in [4.69, 9.17) is 5.14 Å². The van der Waals surface area contributed by atoms with Gasteiger partial charge in [0.25, 0.3) is 0 Å². The SMILES string of the molecule is NS(=O)(=O)c1ccc(NCc2ccc(Br)cc2O)cc1-c1nc2ccccc2s1. The van der Waals surface area contributed by atoms with Crippen LogP contribution in [-0.2, 0) is 16.6 Å². The Morgan fingerprint density at radius 3 is 2.62 bits per heavy atom. The van der Waals surface area contributed by atoms with Gasteiger partial charge in [-0.3, -0.25) is 0 Å². The van der Waals surface area contributed by atoms with Gasteiger partial charge in [0.15, 0.2) is 0 Å². The number of primary sulfonamides is 1. The minimum absolute atomic E-state index is 0.0218. The molecule has 0 saturated carbocycles. The second-order valence-electron chi connectivity index (χ2n) is 6.37. The van der Waals surface area contributed by atoms with Crippen LogP contribution in [0.3, 0.4) is 0 Å². The van der Waals surface area contributed by atoms with Crippen LogP contribution in [0.5, 0.6) is 5.75 Å². The molecule has 0 aliphatic carbocycles. The number of sulfonamides is 1. The van der Waals surface area contributed by atoms with Gasteiger partial charge in [-0.05, 0) is 42.5 Å². The third-order valence-corrected chi connectivity index (χ3v) is 6.87. The van der Waals surface area contributed by atoms with Crippen molar-refractivity contribution in [2.45, 2.75) is 11.4 Å². The lowest BCUT2D eigenvalue weighted by molar-refractivity contribution is 0.468. The second-order valence-corrected chi connectivity index (χ2v) is 9.85. The number of phenols is 1. The Kier molecular flexibility index (Phi) is 5.30. The van der Waals surface area contributed by atoms with Crippen molar-refractivity contribution in [3.63, 3.8) is 0 Å². The number of halogens is 1. The predicted molar refractivity (Wildman–Crippen MR) is 120 cm³/mol. The van der Waals surface area contributed by atoms with Gasteiger partial charge >= 0.3 is 0 Å². The van der Waals surface area contributed by atoms with Gasteiger partial charge in [-0.15, -0.1) is 11.3 Å². The van der Waals surface area contributed by atoms with Gasteiger partial charge in [0, 0.05) is 27.8 Å². The van der Waals surface area contributed by atoms with Crippen LogP contribution in [0.1, 0.15) is 5.56 Å². The van der Waals surface area contributed by atoms with Crippen molar-refractivity contribution in [3.8, 4) is 16.3 Å². The summed E-state index contributed by atoms with van der Waals surface area (Å²) in [6.07, 6.45) is 0. The third kappa shape index (κ3) is 4.27. The van der Waals surface area contributed by atoms with E-state index in [1.807, 2.05) is 30.3 Å². The number of hydrogen-bond donors (Lipinski definition) is 3. The largest absolute Gasteiger partial charge is 0.508 e. The number of aromatic hydroxyl groups is 1. The van der Waals surface area contributed by atoms with Crippen molar-refractivity contribution in [1.82, 2.24) is 4.98 Å². The highest BCUT2D eigenvalue weighted by Crippen LogP contribution is 2.35. The summed E-state index contributed by atoms with van der Waals surface area (Å²) in [6.45, 7) is 0.368. The highest BCUT2D eigenvalue weighted by Gasteiger charge is 2.19. The molecule has 0 saturated heterocycles. The van der Waals surface area contributed by atoms with Crippen LogP contribution in [0.15, 0.2) is 70.0 Å². The number of rotatable bonds is 5. The summed E-state index contributed by atoms with van der Waals surface area (Å²) >= 11 is 4.72. The topological polar surface area (TPSA) is 105 Å². The molecule has 0 fully saturated rings. The molecule has 0 aliphatic heterocycles. The van der Waals surface area contributed by atoms with Gasteiger partial charge < -0.3 is 10.4 Å². The summed E-state index contributed by atoms with van der Waals surface area (Å²) in [5.41, 5.74) is 2.64. The number of nitrogens with zero attached hydrogens (tertiary/aromatic N) is 1. The molecule has 4 aromatic rings.